The molecule has 0 aliphatic carbocycles. The molecule has 118 valence electrons. The molecule has 1 saturated heterocycles. The molecule has 1 aliphatic heterocycles. The topological polar surface area (TPSA) is 21.3 Å². The standard InChI is InChI=1S/C15H20F3NOS/c1-10(2)13-9-11(7-8-20-13)19-12-5-3-4-6-14(12)21-15(16,17)18/h3-6,10-11,13,19H,7-9H2,1-2H3. The molecule has 1 heterocycles. The largest absolute Gasteiger partial charge is 0.446 e. The third-order valence-corrected chi connectivity index (χ3v) is 4.34. The molecule has 1 N–H and O–H groups in total. The van der Waals surface area contributed by atoms with Gasteiger partial charge in [-0.15, -0.1) is 0 Å². The maximum Gasteiger partial charge on any atom is 0.446 e. The molecule has 1 aliphatic rings. The second-order valence-electron chi connectivity index (χ2n) is 5.56. The maximum absolute atomic E-state index is 12.6. The molecule has 2 atom stereocenters. The van der Waals surface area contributed by atoms with Gasteiger partial charge in [0.2, 0.25) is 0 Å². The van der Waals surface area contributed by atoms with Gasteiger partial charge in [0.25, 0.3) is 0 Å². The normalized spacial score (nSPS) is 23.3. The molecule has 0 radical (unpaired) electrons. The SMILES string of the molecule is CC(C)C1CC(Nc2ccccc2SC(F)(F)F)CCO1. The number of benzene rings is 1. The van der Waals surface area contributed by atoms with Crippen molar-refractivity contribution in [2.75, 3.05) is 11.9 Å². The molecule has 0 aromatic heterocycles. The summed E-state index contributed by atoms with van der Waals surface area (Å²) in [7, 11) is 0. The third kappa shape index (κ3) is 5.11. The second-order valence-corrected chi connectivity index (χ2v) is 6.67. The molecule has 1 aromatic rings. The van der Waals surface area contributed by atoms with E-state index in [0.717, 1.165) is 12.8 Å². The van der Waals surface area contributed by atoms with Gasteiger partial charge >= 0.3 is 5.51 Å². The predicted molar refractivity (Wildman–Crippen MR) is 79.6 cm³/mol. The van der Waals surface area contributed by atoms with Crippen LogP contribution in [0.3, 0.4) is 0 Å². The Bertz CT molecular complexity index is 464. The molecular formula is C15H20F3NOS. The van der Waals surface area contributed by atoms with Gasteiger partial charge < -0.3 is 10.1 Å². The lowest BCUT2D eigenvalue weighted by molar-refractivity contribution is -0.0328. The molecule has 1 aromatic carbocycles. The fraction of sp³-hybridized carbons (Fsp3) is 0.600. The van der Waals surface area contributed by atoms with Crippen LogP contribution in [0.5, 0.6) is 0 Å². The number of halogens is 3. The Hall–Kier alpha value is -0.880. The molecule has 6 heteroatoms. The minimum Gasteiger partial charge on any atom is -0.381 e. The first-order valence-electron chi connectivity index (χ1n) is 7.08. The average Bonchev–Trinajstić information content (AvgIpc) is 2.40. The first-order chi connectivity index (χ1) is 9.85. The number of thioether (sulfide) groups is 1. The number of nitrogens with one attached hydrogen (secondary N) is 1. The van der Waals surface area contributed by atoms with E-state index >= 15 is 0 Å². The van der Waals surface area contributed by atoms with Crippen molar-refractivity contribution in [3.8, 4) is 0 Å². The van der Waals surface area contributed by atoms with Gasteiger partial charge in [0.05, 0.1) is 6.10 Å². The quantitative estimate of drug-likeness (QED) is 0.796. The van der Waals surface area contributed by atoms with E-state index < -0.39 is 5.51 Å². The van der Waals surface area contributed by atoms with Gasteiger partial charge in [0.15, 0.2) is 0 Å². The van der Waals surface area contributed by atoms with Crippen molar-refractivity contribution in [2.24, 2.45) is 5.92 Å². The first kappa shape index (κ1) is 16.5. The van der Waals surface area contributed by atoms with Gasteiger partial charge in [0.1, 0.15) is 0 Å². The summed E-state index contributed by atoms with van der Waals surface area (Å²) in [5, 5.41) is 3.26. The second kappa shape index (κ2) is 6.92. The Morgan fingerprint density at radius 1 is 1.29 bits per heavy atom. The number of ether oxygens (including phenoxy) is 1. The molecule has 1 fully saturated rings. The Morgan fingerprint density at radius 2 is 2.00 bits per heavy atom. The van der Waals surface area contributed by atoms with Crippen molar-refractivity contribution in [3.63, 3.8) is 0 Å². The number of rotatable bonds is 4. The summed E-state index contributed by atoms with van der Waals surface area (Å²) in [4.78, 5) is 0.220. The van der Waals surface area contributed by atoms with Crippen LogP contribution in [0.15, 0.2) is 29.2 Å². The molecule has 2 nitrogen and oxygen atoms in total. The van der Waals surface area contributed by atoms with Crippen LogP contribution in [-0.4, -0.2) is 24.3 Å². The summed E-state index contributed by atoms with van der Waals surface area (Å²) in [6.45, 7) is 4.84. The highest BCUT2D eigenvalue weighted by atomic mass is 32.2. The highest BCUT2D eigenvalue weighted by molar-refractivity contribution is 8.00. The fourth-order valence-electron chi connectivity index (χ4n) is 2.44. The van der Waals surface area contributed by atoms with Crippen LogP contribution < -0.4 is 5.32 Å². The summed E-state index contributed by atoms with van der Waals surface area (Å²) < 4.78 is 43.4. The van der Waals surface area contributed by atoms with Crippen molar-refractivity contribution in [1.29, 1.82) is 0 Å². The third-order valence-electron chi connectivity index (χ3n) is 3.53. The van der Waals surface area contributed by atoms with Gasteiger partial charge in [0, 0.05) is 23.2 Å². The fourth-order valence-corrected chi connectivity index (χ4v) is 3.08. The zero-order chi connectivity index (χ0) is 15.5. The van der Waals surface area contributed by atoms with Crippen LogP contribution in [0.4, 0.5) is 18.9 Å². The number of anilines is 1. The van der Waals surface area contributed by atoms with E-state index in [0.29, 0.717) is 18.2 Å². The summed E-state index contributed by atoms with van der Waals surface area (Å²) >= 11 is -0.0707. The van der Waals surface area contributed by atoms with E-state index in [1.807, 2.05) is 0 Å². The molecule has 21 heavy (non-hydrogen) atoms. The Balaban J connectivity index is 2.05. The monoisotopic (exact) mass is 319 g/mol. The van der Waals surface area contributed by atoms with Crippen LogP contribution in [-0.2, 0) is 4.74 Å². The Kier molecular flexibility index (Phi) is 5.43. The molecule has 2 rings (SSSR count). The van der Waals surface area contributed by atoms with E-state index in [9.17, 15) is 13.2 Å². The molecule has 0 amide bonds. The van der Waals surface area contributed by atoms with Crippen LogP contribution in [0.2, 0.25) is 0 Å². The number of alkyl halides is 3. The minimum absolute atomic E-state index is 0.0707. The zero-order valence-corrected chi connectivity index (χ0v) is 12.9. The lowest BCUT2D eigenvalue weighted by Crippen LogP contribution is -2.36. The lowest BCUT2D eigenvalue weighted by Gasteiger charge is -2.33. The molecule has 0 saturated carbocycles. The number of hydrogen-bond donors (Lipinski definition) is 1. The summed E-state index contributed by atoms with van der Waals surface area (Å²) in [6, 6.07) is 6.73. The first-order valence-corrected chi connectivity index (χ1v) is 7.89. The maximum atomic E-state index is 12.6. The number of hydrogen-bond acceptors (Lipinski definition) is 3. The van der Waals surface area contributed by atoms with Crippen molar-refractivity contribution in [3.05, 3.63) is 24.3 Å². The predicted octanol–water partition coefficient (Wildman–Crippen LogP) is 4.91. The minimum atomic E-state index is -4.27. The van der Waals surface area contributed by atoms with Crippen molar-refractivity contribution in [1.82, 2.24) is 0 Å². The van der Waals surface area contributed by atoms with E-state index in [1.54, 1.807) is 18.2 Å². The highest BCUT2D eigenvalue weighted by Gasteiger charge is 2.31. The number of para-hydroxylation sites is 1. The smallest absolute Gasteiger partial charge is 0.381 e. The van der Waals surface area contributed by atoms with E-state index in [1.165, 1.54) is 6.07 Å². The molecule has 2 unspecified atom stereocenters. The van der Waals surface area contributed by atoms with E-state index in [4.69, 9.17) is 4.74 Å². The Morgan fingerprint density at radius 3 is 2.67 bits per heavy atom. The van der Waals surface area contributed by atoms with E-state index in [2.05, 4.69) is 19.2 Å². The summed E-state index contributed by atoms with van der Waals surface area (Å²) in [5.41, 5.74) is -3.72. The van der Waals surface area contributed by atoms with Gasteiger partial charge in [-0.1, -0.05) is 26.0 Å². The molecule has 0 spiro atoms. The van der Waals surface area contributed by atoms with Gasteiger partial charge in [-0.25, -0.2) is 0 Å². The zero-order valence-electron chi connectivity index (χ0n) is 12.1. The van der Waals surface area contributed by atoms with Crippen LogP contribution in [0.25, 0.3) is 0 Å². The van der Waals surface area contributed by atoms with Crippen LogP contribution in [0, 0.1) is 5.92 Å². The molecule has 0 bridgehead atoms. The van der Waals surface area contributed by atoms with Crippen molar-refractivity contribution >= 4 is 17.4 Å². The van der Waals surface area contributed by atoms with Crippen LogP contribution in [0.1, 0.15) is 26.7 Å². The molecular weight excluding hydrogens is 299 g/mol. The van der Waals surface area contributed by atoms with Gasteiger partial charge in [-0.05, 0) is 42.7 Å². The van der Waals surface area contributed by atoms with Gasteiger partial charge in [-0.3, -0.25) is 0 Å². The van der Waals surface area contributed by atoms with Crippen molar-refractivity contribution in [2.45, 2.75) is 49.2 Å². The Labute approximate surface area is 127 Å². The van der Waals surface area contributed by atoms with Crippen LogP contribution >= 0.6 is 11.8 Å². The summed E-state index contributed by atoms with van der Waals surface area (Å²) in [6.07, 6.45) is 1.80. The van der Waals surface area contributed by atoms with E-state index in [-0.39, 0.29) is 28.8 Å². The highest BCUT2D eigenvalue weighted by Crippen LogP contribution is 2.40. The summed E-state index contributed by atoms with van der Waals surface area (Å²) in [5.74, 6) is 0.411. The van der Waals surface area contributed by atoms with Crippen molar-refractivity contribution < 1.29 is 17.9 Å². The average molecular weight is 319 g/mol. The lowest BCUT2D eigenvalue weighted by atomic mass is 9.95. The van der Waals surface area contributed by atoms with Gasteiger partial charge in [-0.2, -0.15) is 13.2 Å².